The van der Waals surface area contributed by atoms with Gasteiger partial charge in [-0.05, 0) is 44.0 Å². The Morgan fingerprint density at radius 2 is 2.14 bits per heavy atom. The van der Waals surface area contributed by atoms with Crippen molar-refractivity contribution in [2.45, 2.75) is 19.8 Å². The lowest BCUT2D eigenvalue weighted by Crippen LogP contribution is -2.40. The maximum absolute atomic E-state index is 12.5. The number of para-hydroxylation sites is 1. The van der Waals surface area contributed by atoms with Crippen molar-refractivity contribution in [1.29, 1.82) is 0 Å². The van der Waals surface area contributed by atoms with Gasteiger partial charge in [0.05, 0.1) is 12.7 Å². The van der Waals surface area contributed by atoms with Gasteiger partial charge in [0.2, 0.25) is 0 Å². The molecule has 1 aromatic carbocycles. The van der Waals surface area contributed by atoms with Crippen molar-refractivity contribution in [3.05, 3.63) is 23.8 Å². The monoisotopic (exact) mass is 292 g/mol. The van der Waals surface area contributed by atoms with E-state index in [-0.39, 0.29) is 11.7 Å². The van der Waals surface area contributed by atoms with Crippen molar-refractivity contribution in [1.82, 2.24) is 10.2 Å². The lowest BCUT2D eigenvalue weighted by molar-refractivity contribution is 0.0686. The number of nitrogens with one attached hydrogen (secondary N) is 1. The second kappa shape index (κ2) is 7.31. The quantitative estimate of drug-likeness (QED) is 0.869. The van der Waals surface area contributed by atoms with E-state index in [1.165, 1.54) is 7.11 Å². The van der Waals surface area contributed by atoms with E-state index in [1.807, 2.05) is 4.90 Å². The molecule has 1 saturated heterocycles. The van der Waals surface area contributed by atoms with Gasteiger partial charge in [-0.1, -0.05) is 13.0 Å². The van der Waals surface area contributed by atoms with Gasteiger partial charge in [-0.2, -0.15) is 0 Å². The van der Waals surface area contributed by atoms with E-state index in [1.54, 1.807) is 18.2 Å². The predicted octanol–water partition coefficient (Wildman–Crippen LogP) is 1.86. The Labute approximate surface area is 125 Å². The SMILES string of the molecule is CCNCC1CCN(C(=O)c2cccc(OC)c2O)CC1. The molecule has 0 unspecified atom stereocenters. The van der Waals surface area contributed by atoms with Gasteiger partial charge >= 0.3 is 0 Å². The molecule has 0 aromatic heterocycles. The van der Waals surface area contributed by atoms with Crippen LogP contribution in [-0.4, -0.2) is 49.2 Å². The third-order valence-corrected chi connectivity index (χ3v) is 4.03. The number of benzene rings is 1. The summed E-state index contributed by atoms with van der Waals surface area (Å²) in [7, 11) is 1.48. The van der Waals surface area contributed by atoms with E-state index in [4.69, 9.17) is 4.74 Å². The van der Waals surface area contributed by atoms with Crippen LogP contribution >= 0.6 is 0 Å². The van der Waals surface area contributed by atoms with Crippen molar-refractivity contribution in [3.8, 4) is 11.5 Å². The molecule has 5 nitrogen and oxygen atoms in total. The Morgan fingerprint density at radius 1 is 1.43 bits per heavy atom. The molecule has 1 aliphatic heterocycles. The first-order valence-corrected chi connectivity index (χ1v) is 7.53. The standard InChI is InChI=1S/C16H24N2O3/c1-3-17-11-12-7-9-18(10-8-12)16(20)13-5-4-6-14(21-2)15(13)19/h4-6,12,17,19H,3,7-11H2,1-2H3. The number of hydrogen-bond donors (Lipinski definition) is 2. The highest BCUT2D eigenvalue weighted by Crippen LogP contribution is 2.31. The molecule has 1 fully saturated rings. The van der Waals surface area contributed by atoms with Crippen LogP contribution in [0.25, 0.3) is 0 Å². The van der Waals surface area contributed by atoms with Gasteiger partial charge in [0, 0.05) is 13.1 Å². The van der Waals surface area contributed by atoms with Crippen molar-refractivity contribution in [3.63, 3.8) is 0 Å². The average molecular weight is 292 g/mol. The van der Waals surface area contributed by atoms with E-state index in [9.17, 15) is 9.90 Å². The fourth-order valence-corrected chi connectivity index (χ4v) is 2.72. The minimum Gasteiger partial charge on any atom is -0.504 e. The highest BCUT2D eigenvalue weighted by Gasteiger charge is 2.25. The van der Waals surface area contributed by atoms with Crippen LogP contribution in [0.2, 0.25) is 0 Å². The Hall–Kier alpha value is -1.75. The molecule has 1 aliphatic rings. The molecule has 2 N–H and O–H groups in total. The van der Waals surface area contributed by atoms with E-state index in [0.29, 0.717) is 17.2 Å². The van der Waals surface area contributed by atoms with Gasteiger partial charge in [-0.15, -0.1) is 0 Å². The number of nitrogens with zero attached hydrogens (tertiary/aromatic N) is 1. The molecule has 116 valence electrons. The number of rotatable bonds is 5. The number of phenolic OH excluding ortho intramolecular Hbond substituents is 1. The number of piperidine rings is 1. The fraction of sp³-hybridized carbons (Fsp3) is 0.562. The number of phenols is 1. The normalized spacial score (nSPS) is 16.0. The number of amides is 1. The van der Waals surface area contributed by atoms with Gasteiger partial charge in [0.1, 0.15) is 0 Å². The lowest BCUT2D eigenvalue weighted by atomic mass is 9.96. The molecule has 0 atom stereocenters. The Morgan fingerprint density at radius 3 is 2.76 bits per heavy atom. The molecule has 0 bridgehead atoms. The zero-order chi connectivity index (χ0) is 15.2. The van der Waals surface area contributed by atoms with Crippen LogP contribution in [0.1, 0.15) is 30.1 Å². The third-order valence-electron chi connectivity index (χ3n) is 4.03. The van der Waals surface area contributed by atoms with Crippen LogP contribution in [0.15, 0.2) is 18.2 Å². The molecule has 2 rings (SSSR count). The molecule has 0 aliphatic carbocycles. The summed E-state index contributed by atoms with van der Waals surface area (Å²) < 4.78 is 5.06. The van der Waals surface area contributed by atoms with Crippen molar-refractivity contribution in [2.75, 3.05) is 33.3 Å². The zero-order valence-corrected chi connectivity index (χ0v) is 12.8. The molecule has 1 amide bonds. The van der Waals surface area contributed by atoms with E-state index >= 15 is 0 Å². The first-order chi connectivity index (χ1) is 10.2. The Bertz CT molecular complexity index is 482. The van der Waals surface area contributed by atoms with Gasteiger partial charge < -0.3 is 20.1 Å². The van der Waals surface area contributed by atoms with Crippen LogP contribution < -0.4 is 10.1 Å². The van der Waals surface area contributed by atoms with Crippen LogP contribution in [0.5, 0.6) is 11.5 Å². The summed E-state index contributed by atoms with van der Waals surface area (Å²) >= 11 is 0. The second-order valence-electron chi connectivity index (χ2n) is 5.40. The molecule has 1 heterocycles. The topological polar surface area (TPSA) is 61.8 Å². The first-order valence-electron chi connectivity index (χ1n) is 7.53. The summed E-state index contributed by atoms with van der Waals surface area (Å²) in [5.41, 5.74) is 0.319. The summed E-state index contributed by atoms with van der Waals surface area (Å²) in [5.74, 6) is 0.781. The maximum atomic E-state index is 12.5. The molecule has 1 aromatic rings. The molecule has 0 radical (unpaired) electrons. The van der Waals surface area contributed by atoms with Gasteiger partial charge in [-0.3, -0.25) is 4.79 Å². The van der Waals surface area contributed by atoms with Crippen LogP contribution in [0.4, 0.5) is 0 Å². The summed E-state index contributed by atoms with van der Waals surface area (Å²) in [6.07, 6.45) is 2.01. The number of carbonyl (C=O) groups is 1. The lowest BCUT2D eigenvalue weighted by Gasteiger charge is -2.32. The third kappa shape index (κ3) is 3.67. The van der Waals surface area contributed by atoms with Crippen molar-refractivity contribution >= 4 is 5.91 Å². The number of likely N-dealkylation sites (tertiary alicyclic amines) is 1. The smallest absolute Gasteiger partial charge is 0.257 e. The van der Waals surface area contributed by atoms with Gasteiger partial charge in [-0.25, -0.2) is 0 Å². The number of ether oxygens (including phenoxy) is 1. The molecular formula is C16H24N2O3. The number of aromatic hydroxyl groups is 1. The van der Waals surface area contributed by atoms with E-state index in [2.05, 4.69) is 12.2 Å². The summed E-state index contributed by atoms with van der Waals surface area (Å²) in [5, 5.41) is 13.4. The Kier molecular flexibility index (Phi) is 5.44. The number of carbonyl (C=O) groups excluding carboxylic acids is 1. The number of hydrogen-bond acceptors (Lipinski definition) is 4. The molecule has 0 saturated carbocycles. The molecule has 21 heavy (non-hydrogen) atoms. The highest BCUT2D eigenvalue weighted by atomic mass is 16.5. The van der Waals surface area contributed by atoms with Crippen molar-refractivity contribution < 1.29 is 14.6 Å². The van der Waals surface area contributed by atoms with E-state index in [0.717, 1.165) is 39.0 Å². The molecular weight excluding hydrogens is 268 g/mol. The highest BCUT2D eigenvalue weighted by molar-refractivity contribution is 5.97. The van der Waals surface area contributed by atoms with Gasteiger partial charge in [0.25, 0.3) is 5.91 Å². The fourth-order valence-electron chi connectivity index (χ4n) is 2.72. The van der Waals surface area contributed by atoms with Crippen LogP contribution in [0, 0.1) is 5.92 Å². The summed E-state index contributed by atoms with van der Waals surface area (Å²) in [6.45, 7) is 5.58. The van der Waals surface area contributed by atoms with Crippen LogP contribution in [0.3, 0.4) is 0 Å². The second-order valence-corrected chi connectivity index (χ2v) is 5.40. The summed E-state index contributed by atoms with van der Waals surface area (Å²) in [4.78, 5) is 14.3. The average Bonchev–Trinajstić information content (AvgIpc) is 2.53. The zero-order valence-electron chi connectivity index (χ0n) is 12.8. The van der Waals surface area contributed by atoms with E-state index < -0.39 is 0 Å². The summed E-state index contributed by atoms with van der Waals surface area (Å²) in [6, 6.07) is 5.02. The van der Waals surface area contributed by atoms with Crippen molar-refractivity contribution in [2.24, 2.45) is 5.92 Å². The largest absolute Gasteiger partial charge is 0.504 e. The minimum absolute atomic E-state index is 0.0697. The predicted molar refractivity (Wildman–Crippen MR) is 81.8 cm³/mol. The Balaban J connectivity index is 1.99. The molecule has 5 heteroatoms. The van der Waals surface area contributed by atoms with Gasteiger partial charge in [0.15, 0.2) is 11.5 Å². The minimum atomic E-state index is -0.117. The number of methoxy groups -OCH3 is 1. The maximum Gasteiger partial charge on any atom is 0.257 e. The first kappa shape index (κ1) is 15.6. The van der Waals surface area contributed by atoms with Crippen LogP contribution in [-0.2, 0) is 0 Å². The molecule has 0 spiro atoms.